The molecule has 0 aliphatic heterocycles. The zero-order valence-corrected chi connectivity index (χ0v) is 5.12. The van der Waals surface area contributed by atoms with E-state index in [4.69, 9.17) is 0 Å². The highest BCUT2D eigenvalue weighted by atomic mass is 32.1. The Bertz CT molecular complexity index is 145. The largest absolute Gasteiger partial charge is 0.236 e. The monoisotopic (exact) mass is 112 g/mol. The number of hydrogen-bond acceptors (Lipinski definition) is 3. The van der Waals surface area contributed by atoms with Gasteiger partial charge in [-0.1, -0.05) is 0 Å². The molecule has 0 spiro atoms. The van der Waals surface area contributed by atoms with E-state index in [-0.39, 0.29) is 0 Å². The summed E-state index contributed by atoms with van der Waals surface area (Å²) in [6.45, 7) is 1.89. The molecule has 0 saturated carbocycles. The Morgan fingerprint density at radius 1 is 1.71 bits per heavy atom. The summed E-state index contributed by atoms with van der Waals surface area (Å²) in [6.07, 6.45) is 0. The summed E-state index contributed by atoms with van der Waals surface area (Å²) in [7, 11) is 1.95. The van der Waals surface area contributed by atoms with Crippen LogP contribution in [0.1, 0.15) is 5.82 Å². The number of hydrogen-bond donors (Lipinski definition) is 0. The lowest BCUT2D eigenvalue weighted by atomic mass is 10.2. The molecule has 0 aliphatic carbocycles. The molecule has 0 bridgehead atoms. The summed E-state index contributed by atoms with van der Waals surface area (Å²) in [5, 5.41) is 0. The van der Waals surface area contributed by atoms with E-state index in [1.165, 1.54) is 11.5 Å². The molecule has 0 radical (unpaired) electrons. The van der Waals surface area contributed by atoms with Gasteiger partial charge in [-0.3, -0.25) is 0 Å². The lowest BCUT2D eigenvalue weighted by Gasteiger charge is -1.67. The highest BCUT2D eigenvalue weighted by molar-refractivity contribution is 7.14. The molecule has 1 aromatic rings. The molecule has 4 heteroatoms. The van der Waals surface area contributed by atoms with Crippen molar-refractivity contribution in [3.05, 3.63) is 5.82 Å². The third-order valence-corrected chi connectivity index (χ3v) is 1.34. The van der Waals surface area contributed by atoms with Crippen LogP contribution in [-0.2, 0) is 0 Å². The molecule has 0 saturated heterocycles. The molecule has 7 heavy (non-hydrogen) atoms. The molecule has 1 heterocycles. The summed E-state index contributed by atoms with van der Waals surface area (Å²) in [5.74, 6) is 0.877. The maximum atomic E-state index is 4.02. The van der Waals surface area contributed by atoms with Crippen LogP contribution in [-0.4, -0.2) is 17.2 Å². The van der Waals surface area contributed by atoms with Gasteiger partial charge in [0.15, 0.2) is 7.85 Å². The molecule has 0 unspecified atom stereocenters. The summed E-state index contributed by atoms with van der Waals surface area (Å²) < 4.78 is 3.95. The zero-order valence-electron chi connectivity index (χ0n) is 4.30. The van der Waals surface area contributed by atoms with Crippen LogP contribution >= 0.6 is 11.5 Å². The lowest BCUT2D eigenvalue weighted by molar-refractivity contribution is 1.18. The van der Waals surface area contributed by atoms with Crippen molar-refractivity contribution in [3.63, 3.8) is 0 Å². The van der Waals surface area contributed by atoms with Crippen molar-refractivity contribution < 1.29 is 0 Å². The SMILES string of the molecule is Bc1nc(C)ns1. The van der Waals surface area contributed by atoms with Gasteiger partial charge in [0.25, 0.3) is 0 Å². The molecule has 0 amide bonds. The van der Waals surface area contributed by atoms with Gasteiger partial charge in [-0.15, -0.1) is 0 Å². The predicted octanol–water partition coefficient (Wildman–Crippen LogP) is -0.895. The number of rotatable bonds is 0. The quantitative estimate of drug-likeness (QED) is 0.406. The number of nitrogens with zero attached hydrogens (tertiary/aromatic N) is 2. The lowest BCUT2D eigenvalue weighted by Crippen LogP contribution is -1.97. The van der Waals surface area contributed by atoms with E-state index in [0.29, 0.717) is 0 Å². The summed E-state index contributed by atoms with van der Waals surface area (Å²) >= 11 is 1.44. The highest BCUT2D eigenvalue weighted by Gasteiger charge is 1.88. The third-order valence-electron chi connectivity index (χ3n) is 0.629. The van der Waals surface area contributed by atoms with Gasteiger partial charge in [-0.2, -0.15) is 4.37 Å². The van der Waals surface area contributed by atoms with Crippen LogP contribution in [0.2, 0.25) is 0 Å². The van der Waals surface area contributed by atoms with Gasteiger partial charge in [0.2, 0.25) is 0 Å². The molecule has 1 rings (SSSR count). The van der Waals surface area contributed by atoms with E-state index in [9.17, 15) is 0 Å². The van der Waals surface area contributed by atoms with Crippen molar-refractivity contribution in [3.8, 4) is 0 Å². The molecule has 2 nitrogen and oxygen atoms in total. The van der Waals surface area contributed by atoms with Gasteiger partial charge in [-0.05, 0) is 18.5 Å². The molecule has 0 N–H and O–H groups in total. The second kappa shape index (κ2) is 1.62. The number of aryl methyl sites for hydroxylation is 1. The van der Waals surface area contributed by atoms with Crippen molar-refractivity contribution in [1.82, 2.24) is 9.36 Å². The smallest absolute Gasteiger partial charge is 0.179 e. The first kappa shape index (κ1) is 4.78. The molecule has 0 aliphatic rings. The topological polar surface area (TPSA) is 25.8 Å². The predicted molar refractivity (Wildman–Crippen MR) is 32.8 cm³/mol. The number of aromatic nitrogens is 2. The van der Waals surface area contributed by atoms with Crippen LogP contribution in [0.5, 0.6) is 0 Å². The maximum absolute atomic E-state index is 4.02. The maximum Gasteiger partial charge on any atom is 0.179 e. The van der Waals surface area contributed by atoms with Crippen LogP contribution in [0.15, 0.2) is 0 Å². The van der Waals surface area contributed by atoms with Crippen molar-refractivity contribution in [1.29, 1.82) is 0 Å². The second-order valence-corrected chi connectivity index (χ2v) is 2.32. The van der Waals surface area contributed by atoms with Gasteiger partial charge in [0.05, 0.1) is 4.91 Å². The molecule has 0 atom stereocenters. The second-order valence-electron chi connectivity index (χ2n) is 1.36. The summed E-state index contributed by atoms with van der Waals surface area (Å²) in [5.41, 5.74) is 0. The fourth-order valence-electron chi connectivity index (χ4n) is 0.401. The average Bonchev–Trinajstić information content (AvgIpc) is 1.87. The van der Waals surface area contributed by atoms with E-state index >= 15 is 0 Å². The van der Waals surface area contributed by atoms with Crippen LogP contribution in [0, 0.1) is 6.92 Å². The fraction of sp³-hybridized carbons (Fsp3) is 0.333. The molecular formula is C3H5BN2S. The van der Waals surface area contributed by atoms with Crippen LogP contribution in [0.25, 0.3) is 0 Å². The summed E-state index contributed by atoms with van der Waals surface area (Å²) in [4.78, 5) is 5.06. The van der Waals surface area contributed by atoms with Gasteiger partial charge in [0.1, 0.15) is 5.82 Å². The minimum absolute atomic E-state index is 0.877. The van der Waals surface area contributed by atoms with Gasteiger partial charge >= 0.3 is 0 Å². The highest BCUT2D eigenvalue weighted by Crippen LogP contribution is 1.84. The Morgan fingerprint density at radius 2 is 2.43 bits per heavy atom. The van der Waals surface area contributed by atoms with Crippen molar-refractivity contribution >= 4 is 24.3 Å². The van der Waals surface area contributed by atoms with Crippen LogP contribution < -0.4 is 4.91 Å². The van der Waals surface area contributed by atoms with Crippen molar-refractivity contribution in [2.45, 2.75) is 6.92 Å². The van der Waals surface area contributed by atoms with E-state index in [0.717, 1.165) is 10.7 Å². The minimum Gasteiger partial charge on any atom is -0.236 e. The molecular weight excluding hydrogens is 107 g/mol. The van der Waals surface area contributed by atoms with E-state index in [2.05, 4.69) is 9.36 Å². The molecule has 36 valence electrons. The van der Waals surface area contributed by atoms with Gasteiger partial charge in [-0.25, -0.2) is 4.98 Å². The summed E-state index contributed by atoms with van der Waals surface area (Å²) in [6, 6.07) is 0. The fourth-order valence-corrected chi connectivity index (χ4v) is 0.879. The van der Waals surface area contributed by atoms with E-state index in [1.807, 2.05) is 14.8 Å². The standard InChI is InChI=1S/C3H5BN2S/c1-2-5-3(4)7-6-2/h4H2,1H3. The molecule has 1 aromatic heterocycles. The molecule has 0 fully saturated rings. The first-order chi connectivity index (χ1) is 3.29. The van der Waals surface area contributed by atoms with E-state index in [1.54, 1.807) is 0 Å². The Labute approximate surface area is 47.2 Å². The third kappa shape index (κ3) is 0.994. The van der Waals surface area contributed by atoms with Crippen LogP contribution in [0.3, 0.4) is 0 Å². The van der Waals surface area contributed by atoms with E-state index < -0.39 is 0 Å². The van der Waals surface area contributed by atoms with Gasteiger partial charge < -0.3 is 0 Å². The first-order valence-corrected chi connectivity index (χ1v) is 2.83. The Hall–Kier alpha value is -0.375. The zero-order chi connectivity index (χ0) is 5.28. The van der Waals surface area contributed by atoms with Crippen molar-refractivity contribution in [2.24, 2.45) is 0 Å². The minimum atomic E-state index is 0.877. The van der Waals surface area contributed by atoms with Crippen molar-refractivity contribution in [2.75, 3.05) is 0 Å². The normalized spacial score (nSPS) is 9.29. The Balaban J connectivity index is 3.04. The Morgan fingerprint density at radius 3 is 2.57 bits per heavy atom. The van der Waals surface area contributed by atoms with Gasteiger partial charge in [0, 0.05) is 0 Å². The first-order valence-electron chi connectivity index (χ1n) is 2.06. The van der Waals surface area contributed by atoms with Crippen LogP contribution in [0.4, 0.5) is 0 Å². The molecule has 0 aromatic carbocycles. The average molecular weight is 112 g/mol. The Kier molecular flexibility index (Phi) is 1.10.